The third kappa shape index (κ3) is 7.17. The first-order valence-corrected chi connectivity index (χ1v) is 13.1. The molecule has 1 aliphatic rings. The van der Waals surface area contributed by atoms with Gasteiger partial charge in [0.15, 0.2) is 12.4 Å². The van der Waals surface area contributed by atoms with Gasteiger partial charge < -0.3 is 19.1 Å². The van der Waals surface area contributed by atoms with Crippen molar-refractivity contribution in [2.75, 3.05) is 11.9 Å². The second-order valence-corrected chi connectivity index (χ2v) is 10.5. The van der Waals surface area contributed by atoms with E-state index in [0.29, 0.717) is 13.0 Å². The lowest BCUT2D eigenvalue weighted by atomic mass is 10.2. The maximum atomic E-state index is 15.8. The first-order chi connectivity index (χ1) is 17.6. The predicted molar refractivity (Wildman–Crippen MR) is 137 cm³/mol. The van der Waals surface area contributed by atoms with Crippen LogP contribution in [0, 0.1) is 0 Å². The van der Waals surface area contributed by atoms with Crippen LogP contribution in [0.15, 0.2) is 47.4 Å². The van der Waals surface area contributed by atoms with Crippen LogP contribution in [0.2, 0.25) is 0 Å². The first-order valence-electron chi connectivity index (χ1n) is 12.7. The number of carbonyl (C=O) groups excluding carboxylic acids is 1. The van der Waals surface area contributed by atoms with Gasteiger partial charge in [0.1, 0.15) is 11.9 Å². The van der Waals surface area contributed by atoms with E-state index in [-0.39, 0.29) is 30.7 Å². The standard InChI is InChI=1S/C25H36FN4O5P/c1-16(2)30(17(3)4)36(33-15-13-20-10-8-7-9-11-20)35-23-18(5)34-24(22(23)26)29-14-12-21(27-19(6)31)28-25(29)32/h7-12,14,16-18,22-24H,13,15H2,1-6H3,(H,27,28,31,32)/i5D. The van der Waals surface area contributed by atoms with Gasteiger partial charge in [0.05, 0.1) is 12.7 Å². The minimum Gasteiger partial charge on any atom is -0.349 e. The van der Waals surface area contributed by atoms with Gasteiger partial charge in [0.25, 0.3) is 8.53 Å². The third-order valence-electron chi connectivity index (χ3n) is 5.57. The fourth-order valence-electron chi connectivity index (χ4n) is 4.02. The summed E-state index contributed by atoms with van der Waals surface area (Å²) in [7, 11) is -1.70. The highest BCUT2D eigenvalue weighted by Crippen LogP contribution is 2.50. The average molecular weight is 524 g/mol. The lowest BCUT2D eigenvalue weighted by Gasteiger charge is -2.37. The molecule has 0 bridgehead atoms. The molecule has 3 rings (SSSR count). The van der Waals surface area contributed by atoms with Crippen molar-refractivity contribution in [3.8, 4) is 0 Å². The monoisotopic (exact) mass is 523 g/mol. The van der Waals surface area contributed by atoms with Crippen molar-refractivity contribution in [2.45, 2.75) is 84.6 Å². The Balaban J connectivity index is 1.80. The Bertz CT molecular complexity index is 1070. The van der Waals surface area contributed by atoms with Gasteiger partial charge in [-0.25, -0.2) is 13.9 Å². The van der Waals surface area contributed by atoms with Crippen LogP contribution in [-0.2, 0) is 25.0 Å². The molecule has 11 heteroatoms. The molecule has 36 heavy (non-hydrogen) atoms. The van der Waals surface area contributed by atoms with E-state index in [1.807, 2.05) is 58.0 Å². The molecule has 1 aliphatic heterocycles. The van der Waals surface area contributed by atoms with E-state index in [9.17, 15) is 9.59 Å². The van der Waals surface area contributed by atoms with Crippen molar-refractivity contribution in [3.05, 3.63) is 58.6 Å². The number of halogens is 1. The van der Waals surface area contributed by atoms with Gasteiger partial charge in [0.2, 0.25) is 5.91 Å². The van der Waals surface area contributed by atoms with Crippen LogP contribution >= 0.6 is 8.53 Å². The number of alkyl halides is 1. The minimum absolute atomic E-state index is 0.0570. The lowest BCUT2D eigenvalue weighted by molar-refractivity contribution is -0.114. The maximum Gasteiger partial charge on any atom is 0.351 e. The molecule has 9 nitrogen and oxygen atoms in total. The van der Waals surface area contributed by atoms with E-state index in [1.54, 1.807) is 0 Å². The highest BCUT2D eigenvalue weighted by molar-refractivity contribution is 7.44. The Kier molecular flexibility index (Phi) is 9.56. The van der Waals surface area contributed by atoms with E-state index in [4.69, 9.17) is 15.2 Å². The molecule has 198 valence electrons. The topological polar surface area (TPSA) is 94.9 Å². The van der Waals surface area contributed by atoms with Crippen LogP contribution in [0.3, 0.4) is 0 Å². The number of ether oxygens (including phenoxy) is 1. The fourth-order valence-corrected chi connectivity index (χ4v) is 5.78. The van der Waals surface area contributed by atoms with Gasteiger partial charge in [-0.15, -0.1) is 0 Å². The Morgan fingerprint density at radius 3 is 2.56 bits per heavy atom. The molecule has 2 heterocycles. The quantitative estimate of drug-likeness (QED) is 0.435. The summed E-state index contributed by atoms with van der Waals surface area (Å²) in [6.45, 7) is 9.48. The van der Waals surface area contributed by atoms with Gasteiger partial charge >= 0.3 is 5.69 Å². The van der Waals surface area contributed by atoms with Gasteiger partial charge in [0, 0.05) is 26.6 Å². The van der Waals surface area contributed by atoms with E-state index >= 15 is 4.39 Å². The number of nitrogens with one attached hydrogen (secondary N) is 1. The largest absolute Gasteiger partial charge is 0.351 e. The molecule has 0 aliphatic carbocycles. The Hall–Kier alpha value is -2.23. The zero-order valence-corrected chi connectivity index (χ0v) is 22.2. The van der Waals surface area contributed by atoms with Gasteiger partial charge in [-0.3, -0.25) is 9.36 Å². The zero-order chi connectivity index (χ0) is 27.1. The summed E-state index contributed by atoms with van der Waals surface area (Å²) in [5.74, 6) is -0.319. The highest BCUT2D eigenvalue weighted by Gasteiger charge is 2.48. The Morgan fingerprint density at radius 1 is 1.28 bits per heavy atom. The van der Waals surface area contributed by atoms with Crippen LogP contribution in [-0.4, -0.2) is 57.2 Å². The maximum absolute atomic E-state index is 15.8. The molecule has 0 radical (unpaired) electrons. The van der Waals surface area contributed by atoms with Crippen LogP contribution in [0.25, 0.3) is 0 Å². The summed E-state index contributed by atoms with van der Waals surface area (Å²) < 4.78 is 45.1. The molecule has 5 unspecified atom stereocenters. The van der Waals surface area contributed by atoms with E-state index < -0.39 is 38.8 Å². The number of benzene rings is 1. The summed E-state index contributed by atoms with van der Waals surface area (Å²) >= 11 is 0. The molecule has 1 saturated heterocycles. The summed E-state index contributed by atoms with van der Waals surface area (Å²) in [6.07, 6.45) is -3.11. The smallest absolute Gasteiger partial charge is 0.349 e. The number of anilines is 1. The fraction of sp³-hybridized carbons (Fsp3) is 0.560. The second kappa shape index (κ2) is 12.8. The van der Waals surface area contributed by atoms with Gasteiger partial charge in [-0.1, -0.05) is 30.3 Å². The molecule has 5 atom stereocenters. The number of hydrogen-bond donors (Lipinski definition) is 1. The number of hydrogen-bond acceptors (Lipinski definition) is 7. The highest BCUT2D eigenvalue weighted by atomic mass is 31.2. The normalized spacial score (nSPS) is 23.3. The Labute approximate surface area is 214 Å². The van der Waals surface area contributed by atoms with Crippen LogP contribution < -0.4 is 11.0 Å². The van der Waals surface area contributed by atoms with E-state index in [1.165, 1.54) is 19.2 Å². The predicted octanol–water partition coefficient (Wildman–Crippen LogP) is 4.45. The SMILES string of the molecule is [2H]CC1OC(n2ccc(NC(C)=O)nc2=O)C(F)C1OP(OCCc1ccccc1)N(C(C)C)C(C)C. The summed E-state index contributed by atoms with van der Waals surface area (Å²) in [5, 5.41) is 2.42. The van der Waals surface area contributed by atoms with Crippen molar-refractivity contribution in [2.24, 2.45) is 0 Å². The third-order valence-corrected chi connectivity index (χ3v) is 7.70. The van der Waals surface area contributed by atoms with E-state index in [0.717, 1.165) is 10.1 Å². The number of aromatic nitrogens is 2. The average Bonchev–Trinajstić information content (AvgIpc) is 3.14. The molecule has 0 saturated carbocycles. The second-order valence-electron chi connectivity index (χ2n) is 9.14. The minimum atomic E-state index is -1.75. The van der Waals surface area contributed by atoms with Gasteiger partial charge in [-0.05, 0) is 52.6 Å². The van der Waals surface area contributed by atoms with Crippen molar-refractivity contribution >= 4 is 20.3 Å². The van der Waals surface area contributed by atoms with Crippen LogP contribution in [0.4, 0.5) is 10.2 Å². The van der Waals surface area contributed by atoms with Crippen LogP contribution in [0.5, 0.6) is 0 Å². The van der Waals surface area contributed by atoms with Crippen molar-refractivity contribution in [1.29, 1.82) is 0 Å². The summed E-state index contributed by atoms with van der Waals surface area (Å²) in [5.41, 5.74) is 0.333. The summed E-state index contributed by atoms with van der Waals surface area (Å²) in [6, 6.07) is 11.4. The molecule has 1 amide bonds. The molecular weight excluding hydrogens is 486 g/mol. The van der Waals surface area contributed by atoms with Crippen molar-refractivity contribution < 1.29 is 24.3 Å². The summed E-state index contributed by atoms with van der Waals surface area (Å²) in [4.78, 5) is 27.6. The molecule has 1 N–H and O–H groups in total. The molecule has 0 spiro atoms. The van der Waals surface area contributed by atoms with Gasteiger partial charge in [-0.2, -0.15) is 4.98 Å². The Morgan fingerprint density at radius 2 is 1.97 bits per heavy atom. The molecule has 2 aromatic rings. The molecule has 1 aromatic carbocycles. The molecule has 1 aromatic heterocycles. The number of nitrogens with zero attached hydrogens (tertiary/aromatic N) is 3. The number of rotatable bonds is 11. The molecular formula is C25H36FN4O5P. The van der Waals surface area contributed by atoms with Crippen molar-refractivity contribution in [1.82, 2.24) is 14.2 Å². The van der Waals surface area contributed by atoms with E-state index in [2.05, 4.69) is 15.0 Å². The first kappa shape index (κ1) is 26.8. The lowest BCUT2D eigenvalue weighted by Crippen LogP contribution is -2.38. The zero-order valence-electron chi connectivity index (χ0n) is 22.3. The van der Waals surface area contributed by atoms with Crippen molar-refractivity contribution in [3.63, 3.8) is 0 Å². The number of carbonyl (C=O) groups is 1. The molecule has 1 fully saturated rings. The van der Waals surface area contributed by atoms with Crippen LogP contribution in [0.1, 0.15) is 54.7 Å². The number of amides is 1.